The molecule has 2 amide bonds. The largest absolute Gasteiger partial charge is 0.349 e. The van der Waals surface area contributed by atoms with Gasteiger partial charge in [-0.25, -0.2) is 0 Å². The Morgan fingerprint density at radius 2 is 1.97 bits per heavy atom. The van der Waals surface area contributed by atoms with Crippen LogP contribution >= 0.6 is 12.2 Å². The molecule has 0 unspecified atom stereocenters. The summed E-state index contributed by atoms with van der Waals surface area (Å²) >= 11 is 5.29. The van der Waals surface area contributed by atoms with E-state index in [-0.39, 0.29) is 24.4 Å². The lowest BCUT2D eigenvalue weighted by atomic mass is 10.1. The molecule has 0 atom stereocenters. The number of carbonyl (C=O) groups excluding carboxylic acids is 2. The van der Waals surface area contributed by atoms with Gasteiger partial charge >= 0.3 is 0 Å². The molecule has 0 bridgehead atoms. The summed E-state index contributed by atoms with van der Waals surface area (Å²) in [6, 6.07) is 15.0. The Balaban J connectivity index is 1.48. The molecule has 0 saturated heterocycles. The molecule has 1 aromatic heterocycles. The Kier molecular flexibility index (Phi) is 5.26. The van der Waals surface area contributed by atoms with Crippen molar-refractivity contribution in [2.45, 2.75) is 32.4 Å². The predicted molar refractivity (Wildman–Crippen MR) is 113 cm³/mol. The van der Waals surface area contributed by atoms with Gasteiger partial charge in [-0.2, -0.15) is 5.10 Å². The molecular formula is C21H21N5O2S. The van der Waals surface area contributed by atoms with E-state index in [1.54, 1.807) is 28.8 Å². The van der Waals surface area contributed by atoms with E-state index in [0.717, 1.165) is 24.0 Å². The van der Waals surface area contributed by atoms with Crippen LogP contribution in [0.15, 0.2) is 48.5 Å². The van der Waals surface area contributed by atoms with Crippen LogP contribution in [0.25, 0.3) is 11.4 Å². The maximum atomic E-state index is 12.6. The number of anilines is 1. The highest BCUT2D eigenvalue weighted by Gasteiger charge is 2.23. The molecule has 3 N–H and O–H groups in total. The number of hydrogen-bond acceptors (Lipinski definition) is 4. The molecule has 1 aliphatic carbocycles. The van der Waals surface area contributed by atoms with Gasteiger partial charge in [-0.15, -0.1) is 0 Å². The van der Waals surface area contributed by atoms with Gasteiger partial charge in [0.15, 0.2) is 10.6 Å². The smallest absolute Gasteiger partial charge is 0.251 e. The van der Waals surface area contributed by atoms with E-state index in [1.165, 1.54) is 0 Å². The second kappa shape index (κ2) is 8.00. The van der Waals surface area contributed by atoms with E-state index >= 15 is 0 Å². The molecule has 0 spiro atoms. The van der Waals surface area contributed by atoms with Crippen LogP contribution < -0.4 is 10.6 Å². The lowest BCUT2D eigenvalue weighted by Gasteiger charge is -2.10. The van der Waals surface area contributed by atoms with Crippen molar-refractivity contribution in [3.8, 4) is 11.4 Å². The van der Waals surface area contributed by atoms with Crippen molar-refractivity contribution >= 4 is 29.7 Å². The second-order valence-electron chi connectivity index (χ2n) is 7.18. The molecule has 1 aliphatic rings. The van der Waals surface area contributed by atoms with Gasteiger partial charge in [-0.05, 0) is 50.2 Å². The van der Waals surface area contributed by atoms with E-state index in [0.29, 0.717) is 21.8 Å². The summed E-state index contributed by atoms with van der Waals surface area (Å²) in [5.74, 6) is 0.223. The van der Waals surface area contributed by atoms with Crippen LogP contribution in [0, 0.1) is 11.7 Å². The number of nitrogens with one attached hydrogen (secondary N) is 3. The van der Waals surface area contributed by atoms with Crippen molar-refractivity contribution in [2.75, 3.05) is 5.32 Å². The fourth-order valence-electron chi connectivity index (χ4n) is 2.97. The van der Waals surface area contributed by atoms with Crippen molar-refractivity contribution < 1.29 is 9.59 Å². The monoisotopic (exact) mass is 407 g/mol. The molecule has 29 heavy (non-hydrogen) atoms. The van der Waals surface area contributed by atoms with E-state index < -0.39 is 0 Å². The zero-order valence-corrected chi connectivity index (χ0v) is 16.8. The molecule has 0 radical (unpaired) electrons. The van der Waals surface area contributed by atoms with Crippen molar-refractivity contribution in [3.05, 3.63) is 64.4 Å². The van der Waals surface area contributed by atoms with Gasteiger partial charge in [0.1, 0.15) is 6.54 Å². The van der Waals surface area contributed by atoms with Crippen LogP contribution in [0.4, 0.5) is 5.69 Å². The van der Waals surface area contributed by atoms with Gasteiger partial charge < -0.3 is 10.6 Å². The van der Waals surface area contributed by atoms with Gasteiger partial charge in [0.25, 0.3) is 5.91 Å². The number of rotatable bonds is 6. The quantitative estimate of drug-likeness (QED) is 0.546. The average molecular weight is 407 g/mol. The first-order valence-electron chi connectivity index (χ1n) is 9.42. The summed E-state index contributed by atoms with van der Waals surface area (Å²) in [5.41, 5.74) is 3.09. The minimum absolute atomic E-state index is 0.0110. The highest BCUT2D eigenvalue weighted by atomic mass is 32.1. The summed E-state index contributed by atoms with van der Waals surface area (Å²) < 4.78 is 2.02. The number of amides is 2. The topological polar surface area (TPSA) is 91.8 Å². The molecule has 8 heteroatoms. The first-order chi connectivity index (χ1) is 14.0. The Hall–Kier alpha value is -3.26. The number of aromatic amines is 1. The van der Waals surface area contributed by atoms with Crippen molar-refractivity contribution in [1.82, 2.24) is 20.1 Å². The number of aryl methyl sites for hydroxylation is 1. The number of nitrogens with zero attached hydrogens (tertiary/aromatic N) is 2. The summed E-state index contributed by atoms with van der Waals surface area (Å²) in [5, 5.41) is 12.8. The predicted octanol–water partition coefficient (Wildman–Crippen LogP) is 3.45. The van der Waals surface area contributed by atoms with Gasteiger partial charge in [-0.1, -0.05) is 35.9 Å². The van der Waals surface area contributed by atoms with Crippen LogP contribution in [-0.2, 0) is 11.3 Å². The molecule has 7 nitrogen and oxygen atoms in total. The Morgan fingerprint density at radius 3 is 2.69 bits per heavy atom. The van der Waals surface area contributed by atoms with Gasteiger partial charge in [-0.3, -0.25) is 19.3 Å². The van der Waals surface area contributed by atoms with Gasteiger partial charge in [0.2, 0.25) is 5.91 Å². The summed E-state index contributed by atoms with van der Waals surface area (Å²) in [7, 11) is 0. The molecule has 1 heterocycles. The third-order valence-corrected chi connectivity index (χ3v) is 5.00. The number of H-pyrrole nitrogens is 1. The Labute approximate surface area is 173 Å². The number of hydrogen-bond donors (Lipinski definition) is 3. The van der Waals surface area contributed by atoms with Crippen LogP contribution in [0.2, 0.25) is 0 Å². The zero-order chi connectivity index (χ0) is 20.4. The maximum absolute atomic E-state index is 12.6. The highest BCUT2D eigenvalue weighted by molar-refractivity contribution is 7.71. The molecule has 1 saturated carbocycles. The highest BCUT2D eigenvalue weighted by Crippen LogP contribution is 2.20. The third kappa shape index (κ3) is 4.60. The van der Waals surface area contributed by atoms with Crippen LogP contribution in [-0.4, -0.2) is 32.6 Å². The standard InChI is InChI=1S/C21H21N5O2S/c1-13-5-7-14(8-6-13)19-24-25-21(29)26(19)12-18(27)22-17-4-2-3-15(11-17)20(28)23-16-9-10-16/h2-8,11,16H,9-10,12H2,1H3,(H,22,27)(H,23,28)(H,25,29). The summed E-state index contributed by atoms with van der Waals surface area (Å²) in [4.78, 5) is 24.8. The first-order valence-corrected chi connectivity index (χ1v) is 9.83. The average Bonchev–Trinajstić information content (AvgIpc) is 3.45. The molecular weight excluding hydrogens is 386 g/mol. The van der Waals surface area contributed by atoms with E-state index in [4.69, 9.17) is 12.2 Å². The normalized spacial score (nSPS) is 13.1. The molecule has 148 valence electrons. The lowest BCUT2D eigenvalue weighted by Crippen LogP contribution is -2.25. The lowest BCUT2D eigenvalue weighted by molar-refractivity contribution is -0.116. The van der Waals surface area contributed by atoms with Crippen LogP contribution in [0.1, 0.15) is 28.8 Å². The van der Waals surface area contributed by atoms with E-state index in [2.05, 4.69) is 20.8 Å². The molecule has 3 aromatic rings. The molecule has 1 fully saturated rings. The Morgan fingerprint density at radius 1 is 1.21 bits per heavy atom. The fraction of sp³-hybridized carbons (Fsp3) is 0.238. The molecule has 0 aliphatic heterocycles. The zero-order valence-electron chi connectivity index (χ0n) is 15.9. The van der Waals surface area contributed by atoms with Crippen molar-refractivity contribution in [1.29, 1.82) is 0 Å². The third-order valence-electron chi connectivity index (χ3n) is 4.69. The van der Waals surface area contributed by atoms with Crippen molar-refractivity contribution in [2.24, 2.45) is 0 Å². The van der Waals surface area contributed by atoms with Crippen molar-refractivity contribution in [3.63, 3.8) is 0 Å². The summed E-state index contributed by atoms with van der Waals surface area (Å²) in [6.45, 7) is 2.02. The number of benzene rings is 2. The minimum Gasteiger partial charge on any atom is -0.349 e. The first kappa shape index (κ1) is 19.1. The fourth-order valence-corrected chi connectivity index (χ4v) is 3.16. The molecule has 4 rings (SSSR count). The number of aromatic nitrogens is 3. The minimum atomic E-state index is -0.254. The van der Waals surface area contributed by atoms with Gasteiger partial charge in [0.05, 0.1) is 0 Å². The summed E-state index contributed by atoms with van der Waals surface area (Å²) in [6.07, 6.45) is 2.05. The van der Waals surface area contributed by atoms with Crippen LogP contribution in [0.3, 0.4) is 0 Å². The molecule has 2 aromatic carbocycles. The van der Waals surface area contributed by atoms with Crippen LogP contribution in [0.5, 0.6) is 0 Å². The second-order valence-corrected chi connectivity index (χ2v) is 7.57. The number of carbonyl (C=O) groups is 2. The van der Waals surface area contributed by atoms with E-state index in [1.807, 2.05) is 31.2 Å². The maximum Gasteiger partial charge on any atom is 0.251 e. The Bertz CT molecular complexity index is 1110. The van der Waals surface area contributed by atoms with Gasteiger partial charge in [0, 0.05) is 22.9 Å². The van der Waals surface area contributed by atoms with E-state index in [9.17, 15) is 9.59 Å². The SMILES string of the molecule is Cc1ccc(-c2n[nH]c(=S)n2CC(=O)Nc2cccc(C(=O)NC3CC3)c2)cc1.